The third-order valence-corrected chi connectivity index (χ3v) is 3.28. The first kappa shape index (κ1) is 10.7. The number of anilines is 1. The highest BCUT2D eigenvalue weighted by molar-refractivity contribution is 7.99. The van der Waals surface area contributed by atoms with E-state index in [1.165, 1.54) is 0 Å². The number of aromatic nitrogens is 1. The molecule has 0 saturated carbocycles. The number of rotatable bonds is 2. The fraction of sp³-hybridized carbons (Fsp3) is 0.333. The lowest BCUT2D eigenvalue weighted by Gasteiger charge is -2.10. The van der Waals surface area contributed by atoms with E-state index in [1.54, 1.807) is 30.1 Å². The van der Waals surface area contributed by atoms with Crippen LogP contribution in [0.5, 0.6) is 0 Å². The predicted molar refractivity (Wildman–Crippen MR) is 62.1 cm³/mol. The van der Waals surface area contributed by atoms with Gasteiger partial charge < -0.3 is 5.32 Å². The van der Waals surface area contributed by atoms with Gasteiger partial charge in [-0.2, -0.15) is 0 Å². The van der Waals surface area contributed by atoms with Crippen LogP contribution in [0.4, 0.5) is 5.82 Å². The van der Waals surface area contributed by atoms with Crippen molar-refractivity contribution in [1.29, 1.82) is 0 Å². The van der Waals surface area contributed by atoms with Crippen LogP contribution in [0.25, 0.3) is 0 Å². The largest absolute Gasteiger partial charge is 0.308 e. The fourth-order valence-corrected chi connectivity index (χ4v) is 2.36. The van der Waals surface area contributed by atoms with Crippen LogP contribution in [0.3, 0.4) is 0 Å². The molecule has 1 aromatic heterocycles. The summed E-state index contributed by atoms with van der Waals surface area (Å²) in [7, 11) is 0. The summed E-state index contributed by atoms with van der Waals surface area (Å²) in [6, 6.07) is 3.27. The first-order valence-corrected chi connectivity index (χ1v) is 6.03. The average molecular weight is 244 g/mol. The van der Waals surface area contributed by atoms with E-state index in [9.17, 15) is 4.79 Å². The molecule has 1 aliphatic rings. The van der Waals surface area contributed by atoms with Gasteiger partial charge in [0, 0.05) is 17.8 Å². The van der Waals surface area contributed by atoms with Crippen LogP contribution < -0.4 is 10.6 Å². The fourth-order valence-electron chi connectivity index (χ4n) is 1.25. The van der Waals surface area contributed by atoms with E-state index >= 15 is 0 Å². The Morgan fingerprint density at radius 3 is 3.27 bits per heavy atom. The molecule has 1 atom stereocenters. The molecule has 15 heavy (non-hydrogen) atoms. The molecule has 4 nitrogen and oxygen atoms in total. The summed E-state index contributed by atoms with van der Waals surface area (Å²) in [5.41, 5.74) is 0. The molecule has 0 bridgehead atoms. The number of hydrogen-bond donors (Lipinski definition) is 2. The molecule has 0 radical (unpaired) electrons. The van der Waals surface area contributed by atoms with Crippen molar-refractivity contribution < 1.29 is 4.79 Å². The second-order valence-corrected chi connectivity index (χ2v) is 4.53. The quantitative estimate of drug-likeness (QED) is 0.823. The van der Waals surface area contributed by atoms with E-state index in [-0.39, 0.29) is 11.9 Å². The smallest absolute Gasteiger partial charge is 0.243 e. The molecular formula is C9H10ClN3OS. The summed E-state index contributed by atoms with van der Waals surface area (Å²) in [5, 5.41) is 6.23. The average Bonchev–Trinajstić information content (AvgIpc) is 2.74. The summed E-state index contributed by atoms with van der Waals surface area (Å²) in [6.45, 7) is 0. The van der Waals surface area contributed by atoms with Gasteiger partial charge in [0.2, 0.25) is 5.91 Å². The van der Waals surface area contributed by atoms with E-state index in [0.29, 0.717) is 10.8 Å². The van der Waals surface area contributed by atoms with Crippen LogP contribution in [0.15, 0.2) is 18.3 Å². The number of nitrogens with one attached hydrogen (secondary N) is 2. The number of thioether (sulfide) groups is 1. The van der Waals surface area contributed by atoms with Crippen molar-refractivity contribution in [2.24, 2.45) is 0 Å². The minimum atomic E-state index is -0.145. The highest BCUT2D eigenvalue weighted by Gasteiger charge is 2.23. The Balaban J connectivity index is 2.02. The Morgan fingerprint density at radius 1 is 1.73 bits per heavy atom. The zero-order chi connectivity index (χ0) is 10.7. The van der Waals surface area contributed by atoms with Gasteiger partial charge in [-0.25, -0.2) is 4.98 Å². The third kappa shape index (κ3) is 2.62. The summed E-state index contributed by atoms with van der Waals surface area (Å²) in [6.07, 6.45) is 1.60. The van der Waals surface area contributed by atoms with Gasteiger partial charge in [-0.15, -0.1) is 11.8 Å². The number of nitrogens with zero attached hydrogens (tertiary/aromatic N) is 1. The molecule has 1 fully saturated rings. The minimum absolute atomic E-state index is 0.0828. The molecule has 0 aliphatic carbocycles. The summed E-state index contributed by atoms with van der Waals surface area (Å²) >= 11 is 7.57. The van der Waals surface area contributed by atoms with Gasteiger partial charge in [-0.3, -0.25) is 10.1 Å². The molecule has 1 aromatic rings. The maximum absolute atomic E-state index is 11.7. The van der Waals surface area contributed by atoms with Crippen molar-refractivity contribution >= 4 is 35.1 Å². The normalized spacial score (nSPS) is 20.2. The lowest BCUT2D eigenvalue weighted by molar-refractivity contribution is -0.117. The van der Waals surface area contributed by atoms with E-state index in [4.69, 9.17) is 11.6 Å². The van der Waals surface area contributed by atoms with Gasteiger partial charge in [0.1, 0.15) is 0 Å². The number of carbonyl (C=O) groups excluding carboxylic acids is 1. The maximum atomic E-state index is 11.7. The van der Waals surface area contributed by atoms with Gasteiger partial charge >= 0.3 is 0 Å². The van der Waals surface area contributed by atoms with Crippen molar-refractivity contribution in [3.8, 4) is 0 Å². The van der Waals surface area contributed by atoms with Crippen molar-refractivity contribution in [1.82, 2.24) is 10.3 Å². The molecule has 1 aliphatic heterocycles. The number of carbonyl (C=O) groups is 1. The zero-order valence-electron chi connectivity index (χ0n) is 7.87. The van der Waals surface area contributed by atoms with Crippen LogP contribution in [-0.4, -0.2) is 28.6 Å². The molecular weight excluding hydrogens is 234 g/mol. The topological polar surface area (TPSA) is 54.0 Å². The number of hydrogen-bond acceptors (Lipinski definition) is 4. The van der Waals surface area contributed by atoms with Gasteiger partial charge in [-0.1, -0.05) is 11.6 Å². The van der Waals surface area contributed by atoms with Crippen LogP contribution in [0, 0.1) is 0 Å². The molecule has 1 saturated heterocycles. The van der Waals surface area contributed by atoms with Crippen molar-refractivity contribution in [3.05, 3.63) is 23.4 Å². The molecule has 2 rings (SSSR count). The Hall–Kier alpha value is -0.780. The standard InChI is InChI=1S/C9H10ClN3OS/c10-6-2-1-3-11-8(6)13-9(14)7-4-15-5-12-7/h1-3,7,12H,4-5H2,(H,11,13,14). The lowest BCUT2D eigenvalue weighted by Crippen LogP contribution is -2.37. The summed E-state index contributed by atoms with van der Waals surface area (Å²) in [4.78, 5) is 15.7. The lowest BCUT2D eigenvalue weighted by atomic mass is 10.3. The van der Waals surface area contributed by atoms with Crippen molar-refractivity contribution in [3.63, 3.8) is 0 Å². The number of halogens is 1. The van der Waals surface area contributed by atoms with Gasteiger partial charge in [0.25, 0.3) is 0 Å². The summed E-state index contributed by atoms with van der Waals surface area (Å²) in [5.74, 6) is 1.94. The molecule has 0 spiro atoms. The van der Waals surface area contributed by atoms with Crippen LogP contribution >= 0.6 is 23.4 Å². The third-order valence-electron chi connectivity index (χ3n) is 2.03. The molecule has 6 heteroatoms. The monoisotopic (exact) mass is 243 g/mol. The zero-order valence-corrected chi connectivity index (χ0v) is 9.44. The molecule has 1 unspecified atom stereocenters. The van der Waals surface area contributed by atoms with Crippen molar-refractivity contribution in [2.75, 3.05) is 16.9 Å². The number of pyridine rings is 1. The highest BCUT2D eigenvalue weighted by atomic mass is 35.5. The van der Waals surface area contributed by atoms with E-state index < -0.39 is 0 Å². The molecule has 2 N–H and O–H groups in total. The Bertz CT molecular complexity index is 368. The Labute approximate surface area is 96.8 Å². The first-order valence-electron chi connectivity index (χ1n) is 4.50. The molecule has 80 valence electrons. The predicted octanol–water partition coefficient (Wildman–Crippen LogP) is 1.34. The maximum Gasteiger partial charge on any atom is 0.243 e. The van der Waals surface area contributed by atoms with Crippen LogP contribution in [0.1, 0.15) is 0 Å². The Kier molecular flexibility index (Phi) is 3.45. The van der Waals surface area contributed by atoms with Crippen LogP contribution in [0.2, 0.25) is 5.02 Å². The Morgan fingerprint density at radius 2 is 2.60 bits per heavy atom. The highest BCUT2D eigenvalue weighted by Crippen LogP contribution is 2.18. The van der Waals surface area contributed by atoms with E-state index in [0.717, 1.165) is 11.6 Å². The summed E-state index contributed by atoms with van der Waals surface area (Å²) < 4.78 is 0. The van der Waals surface area contributed by atoms with Gasteiger partial charge in [0.15, 0.2) is 5.82 Å². The number of amides is 1. The second kappa shape index (κ2) is 4.83. The molecule has 1 amide bonds. The van der Waals surface area contributed by atoms with Gasteiger partial charge in [0.05, 0.1) is 11.1 Å². The molecule has 2 heterocycles. The first-order chi connectivity index (χ1) is 7.27. The SMILES string of the molecule is O=C(Nc1ncccc1Cl)C1CSCN1. The second-order valence-electron chi connectivity index (χ2n) is 3.09. The van der Waals surface area contributed by atoms with Crippen molar-refractivity contribution in [2.45, 2.75) is 6.04 Å². The van der Waals surface area contributed by atoms with E-state index in [2.05, 4.69) is 15.6 Å². The van der Waals surface area contributed by atoms with Crippen LogP contribution in [-0.2, 0) is 4.79 Å². The van der Waals surface area contributed by atoms with E-state index in [1.807, 2.05) is 0 Å². The van der Waals surface area contributed by atoms with Gasteiger partial charge in [-0.05, 0) is 12.1 Å². The minimum Gasteiger partial charge on any atom is -0.308 e. The molecule has 0 aromatic carbocycles.